The number of allylic oxidation sites excluding steroid dienone is 8. The van der Waals surface area contributed by atoms with Crippen LogP contribution in [0.4, 0.5) is 0 Å². The number of carbonyl (C=O) groups excluding carboxylic acids is 2. The van der Waals surface area contributed by atoms with Crippen molar-refractivity contribution in [2.45, 2.75) is 137 Å². The highest BCUT2D eigenvalue weighted by Crippen LogP contribution is 2.69. The molecule has 2 saturated carbocycles. The molecule has 9 aliphatic carbocycles. The normalized spacial score (nSPS) is 31.9. The van der Waals surface area contributed by atoms with Crippen LogP contribution >= 0.6 is 0 Å². The zero-order valence-corrected chi connectivity index (χ0v) is 52.4. The molecule has 0 amide bonds. The summed E-state index contributed by atoms with van der Waals surface area (Å²) in [7, 11) is 0. The molecule has 12 heteroatoms. The molecule has 9 bridgehead atoms. The molecule has 18 rings (SSSR count). The summed E-state index contributed by atoms with van der Waals surface area (Å²) in [6.45, 7) is -0.330. The van der Waals surface area contributed by atoms with Crippen LogP contribution in [0.5, 0.6) is 5.75 Å². The Morgan fingerprint density at radius 3 is 2.44 bits per heavy atom. The molecule has 3 aliphatic heterocycles. The first-order valence-corrected chi connectivity index (χ1v) is 34.0. The van der Waals surface area contributed by atoms with Crippen molar-refractivity contribution in [3.63, 3.8) is 0 Å². The lowest BCUT2D eigenvalue weighted by molar-refractivity contribution is -0.210. The van der Waals surface area contributed by atoms with Crippen LogP contribution in [0, 0.1) is 35.0 Å². The smallest absolute Gasteiger partial charge is 0.340 e. The Balaban J connectivity index is 0.921. The van der Waals surface area contributed by atoms with Gasteiger partial charge in [0.15, 0.2) is 17.8 Å². The van der Waals surface area contributed by atoms with Gasteiger partial charge in [0.2, 0.25) is 0 Å². The predicted molar refractivity (Wildman–Crippen MR) is 355 cm³/mol. The van der Waals surface area contributed by atoms with E-state index in [2.05, 4.69) is 146 Å². The Bertz CT molecular complexity index is 4420. The first-order valence-electron chi connectivity index (χ1n) is 34.0. The van der Waals surface area contributed by atoms with Crippen LogP contribution in [0.2, 0.25) is 0 Å². The molecule has 5 aromatic carbocycles. The first kappa shape index (κ1) is 58.8. The SMILES string of the molecule is CC(CO)=C1CCc2cc3c4cc2CCC25C=CCC6(Oc7ccc8c(CO)c(C(CCO)COCO)c(=O)oc8c7C(OC(=O)CC7CC(C=CC47)c4cccc7c4C(=CC4CCCC8C=Cc9ccccc9C784)C=C3)C6OC1=O)C2CC1c2ccccc2C=CC15. The fourth-order valence-corrected chi connectivity index (χ4v) is 20.6. The van der Waals surface area contributed by atoms with Gasteiger partial charge in [-0.25, -0.2) is 9.59 Å². The number of hydrogen-bond donors (Lipinski definition) is 4. The van der Waals surface area contributed by atoms with Crippen LogP contribution in [0.25, 0.3) is 34.8 Å². The van der Waals surface area contributed by atoms with Crippen molar-refractivity contribution in [3.05, 3.63) is 239 Å². The lowest BCUT2D eigenvalue weighted by Gasteiger charge is -2.56. The van der Waals surface area contributed by atoms with Crippen molar-refractivity contribution >= 4 is 46.7 Å². The minimum Gasteiger partial charge on any atom is -0.482 e. The molecule has 6 aromatic rings. The Labute approximate surface area is 541 Å². The van der Waals surface area contributed by atoms with E-state index in [1.807, 2.05) is 0 Å². The maximum absolute atomic E-state index is 16.3. The van der Waals surface area contributed by atoms with Gasteiger partial charge in [0, 0.05) is 70.5 Å². The zero-order valence-electron chi connectivity index (χ0n) is 52.4. The van der Waals surface area contributed by atoms with Crippen molar-refractivity contribution in [1.82, 2.24) is 0 Å². The number of rotatable bonds is 8. The second-order valence-corrected chi connectivity index (χ2v) is 28.5. The molecule has 0 saturated heterocycles. The number of fused-ring (bicyclic) bond motifs is 9. The van der Waals surface area contributed by atoms with E-state index >= 15 is 9.59 Å². The van der Waals surface area contributed by atoms with Gasteiger partial charge in [-0.3, -0.25) is 4.79 Å². The largest absolute Gasteiger partial charge is 0.482 e. The van der Waals surface area contributed by atoms with E-state index in [4.69, 9.17) is 23.4 Å². The molecule has 12 nitrogen and oxygen atoms in total. The molecule has 2 fully saturated rings. The zero-order chi connectivity index (χ0) is 63.1. The molecule has 12 aliphatic rings. The Morgan fingerprint density at radius 2 is 1.58 bits per heavy atom. The van der Waals surface area contributed by atoms with Crippen molar-refractivity contribution in [3.8, 4) is 5.75 Å². The first-order chi connectivity index (χ1) is 45.5. The van der Waals surface area contributed by atoms with Crippen LogP contribution in [-0.4, -0.2) is 70.7 Å². The van der Waals surface area contributed by atoms with Crippen LogP contribution in [0.15, 0.2) is 160 Å². The van der Waals surface area contributed by atoms with Gasteiger partial charge in [-0.05, 0) is 184 Å². The topological polar surface area (TPSA) is 182 Å². The second-order valence-electron chi connectivity index (χ2n) is 28.5. The maximum Gasteiger partial charge on any atom is 0.340 e. The van der Waals surface area contributed by atoms with Gasteiger partial charge < -0.3 is 43.8 Å². The summed E-state index contributed by atoms with van der Waals surface area (Å²) < 4.78 is 34.4. The summed E-state index contributed by atoms with van der Waals surface area (Å²) in [6, 6.07) is 33.0. The summed E-state index contributed by atoms with van der Waals surface area (Å²) in [6.07, 6.45) is 30.5. The minimum absolute atomic E-state index is 0.00448. The molecule has 14 atom stereocenters. The predicted octanol–water partition coefficient (Wildman–Crippen LogP) is 13.6. The molecule has 93 heavy (non-hydrogen) atoms. The molecule has 2 spiro atoms. The average molecular weight is 1240 g/mol. The summed E-state index contributed by atoms with van der Waals surface area (Å²) in [5.74, 6) is -2.00. The fraction of sp³-hybridized carbons (Fsp3) is 0.395. The molecule has 0 radical (unpaired) electrons. The molecule has 1 aromatic heterocycles. The van der Waals surface area contributed by atoms with Crippen molar-refractivity contribution in [1.29, 1.82) is 0 Å². The molecule has 474 valence electrons. The molecule has 4 N–H and O–H groups in total. The van der Waals surface area contributed by atoms with E-state index < -0.39 is 66.7 Å². The number of aliphatic hydroxyl groups is 4. The van der Waals surface area contributed by atoms with Gasteiger partial charge in [0.05, 0.1) is 25.4 Å². The summed E-state index contributed by atoms with van der Waals surface area (Å²) in [5.41, 5.74) is 12.9. The number of hydrogen-bond acceptors (Lipinski definition) is 12. The molecule has 14 unspecified atom stereocenters. The van der Waals surface area contributed by atoms with E-state index in [9.17, 15) is 25.2 Å². The quantitative estimate of drug-likeness (QED) is 0.0373. The number of carbonyl (C=O) groups is 2. The van der Waals surface area contributed by atoms with E-state index in [-0.39, 0.29) is 108 Å². The Morgan fingerprint density at radius 1 is 0.763 bits per heavy atom. The third-order valence-corrected chi connectivity index (χ3v) is 24.5. The van der Waals surface area contributed by atoms with Crippen molar-refractivity contribution in [2.75, 3.05) is 26.6 Å². The highest BCUT2D eigenvalue weighted by Gasteiger charge is 2.69. The fourth-order valence-electron chi connectivity index (χ4n) is 20.6. The number of aliphatic hydroxyl groups excluding tert-OH is 4. The second kappa shape index (κ2) is 22.6. The molecular formula is C81H78O12. The van der Waals surface area contributed by atoms with Crippen LogP contribution in [-0.2, 0) is 48.7 Å². The van der Waals surface area contributed by atoms with Crippen molar-refractivity contribution < 1.29 is 53.4 Å². The van der Waals surface area contributed by atoms with E-state index in [0.29, 0.717) is 60.3 Å². The molecular weight excluding hydrogens is 1160 g/mol. The average Bonchev–Trinajstić information content (AvgIpc) is 1.68. The van der Waals surface area contributed by atoms with Gasteiger partial charge in [0.25, 0.3) is 0 Å². The Kier molecular flexibility index (Phi) is 14.3. The van der Waals surface area contributed by atoms with E-state index in [0.717, 1.165) is 41.5 Å². The number of benzene rings is 5. The maximum atomic E-state index is 16.3. The number of esters is 2. The monoisotopic (exact) mass is 1240 g/mol. The van der Waals surface area contributed by atoms with Crippen molar-refractivity contribution in [2.24, 2.45) is 35.0 Å². The summed E-state index contributed by atoms with van der Waals surface area (Å²) >= 11 is 0. The van der Waals surface area contributed by atoms with Gasteiger partial charge in [-0.15, -0.1) is 0 Å². The third kappa shape index (κ3) is 8.76. The van der Waals surface area contributed by atoms with Gasteiger partial charge >= 0.3 is 17.6 Å². The highest BCUT2D eigenvalue weighted by atomic mass is 16.6. The van der Waals surface area contributed by atoms with Crippen LogP contribution in [0.1, 0.15) is 179 Å². The van der Waals surface area contributed by atoms with E-state index in [1.165, 1.54) is 44.5 Å². The summed E-state index contributed by atoms with van der Waals surface area (Å²) in [5, 5.41) is 43.0. The van der Waals surface area contributed by atoms with Gasteiger partial charge in [0.1, 0.15) is 18.1 Å². The standard InChI is InChI=1S/C81H78O12/c1-45(41-83)57-24-20-48-35-51-17-18-52-37-56-12-6-11-55-23-19-47-10-3-5-15-65(47)81(55,56)67-16-7-14-60(71(52)67)50-21-25-59-54(36-50)39-70(86)90-75-73-68(28-26-61-64(42-84)72(78(88)91-74(61)73)53(30-34-82)43-89-44-85)93-80(76(75)92-77(57)87)32-8-31-79(33-29-49(48)38-62(51)59)66-27-22-46-9-2-4-13-58(46)63(66)40-69(79)80/h2-5,7-10,13-19,21-23,25-28,31,35,37-38,50,53-56,59,63,66,69,75-76,82-85H,6,11-12,20,24,29-30,32-34,36,39-44H2,1H3. The highest BCUT2D eigenvalue weighted by molar-refractivity contribution is 5.91. The Hall–Kier alpha value is -7.97. The summed E-state index contributed by atoms with van der Waals surface area (Å²) in [4.78, 5) is 47.3. The molecule has 4 heterocycles. The number of ether oxygens (including phenoxy) is 4. The minimum atomic E-state index is -1.43. The third-order valence-electron chi connectivity index (χ3n) is 24.5. The van der Waals surface area contributed by atoms with E-state index in [1.54, 1.807) is 19.1 Å². The van der Waals surface area contributed by atoms with Gasteiger partial charge in [-0.1, -0.05) is 152 Å². The lowest BCUT2D eigenvalue weighted by atomic mass is 9.48. The van der Waals surface area contributed by atoms with Gasteiger partial charge in [-0.2, -0.15) is 0 Å². The van der Waals surface area contributed by atoms with Crippen LogP contribution in [0.3, 0.4) is 0 Å². The number of aryl methyl sites for hydroxylation is 2. The van der Waals surface area contributed by atoms with Crippen LogP contribution < -0.4 is 10.4 Å². The lowest BCUT2D eigenvalue weighted by Crippen LogP contribution is -2.64.